The zero-order valence-corrected chi connectivity index (χ0v) is 19.6. The normalized spacial score (nSPS) is 14.0. The molecule has 2 aliphatic rings. The summed E-state index contributed by atoms with van der Waals surface area (Å²) in [7, 11) is 0. The molecule has 4 aromatic carbocycles. The van der Waals surface area contributed by atoms with Crippen LogP contribution in [0, 0.1) is 0 Å². The van der Waals surface area contributed by atoms with Crippen LogP contribution in [0.5, 0.6) is 17.2 Å². The standard InChI is InChI=1S/C30H22O6/c1-2-33-16-17-34-20-10-8-19(9-11-20)26-24-15-13-21-22(28(24)36-30(26)32)12-14-23-25(29(31)35-27(21)23)18-6-4-3-5-7-18/h3-15H,2,16-17H2,1H3. The summed E-state index contributed by atoms with van der Waals surface area (Å²) in [5, 5.41) is 2.87. The molecule has 0 N–H and O–H groups in total. The molecule has 0 saturated carbocycles. The summed E-state index contributed by atoms with van der Waals surface area (Å²) < 4.78 is 22.4. The van der Waals surface area contributed by atoms with E-state index in [1.165, 1.54) is 0 Å². The van der Waals surface area contributed by atoms with E-state index in [2.05, 4.69) is 0 Å². The molecule has 0 atom stereocenters. The summed E-state index contributed by atoms with van der Waals surface area (Å²) >= 11 is 0. The maximum Gasteiger partial charge on any atom is 0.344 e. The lowest BCUT2D eigenvalue weighted by atomic mass is 9.99. The molecule has 0 saturated heterocycles. The van der Waals surface area contributed by atoms with Crippen molar-refractivity contribution in [1.82, 2.24) is 0 Å². The third kappa shape index (κ3) is 3.63. The van der Waals surface area contributed by atoms with Gasteiger partial charge in [-0.25, -0.2) is 9.59 Å². The first-order valence-electron chi connectivity index (χ1n) is 11.8. The van der Waals surface area contributed by atoms with Gasteiger partial charge in [-0.3, -0.25) is 0 Å². The van der Waals surface area contributed by atoms with E-state index in [0.29, 0.717) is 58.8 Å². The van der Waals surface area contributed by atoms with Crippen molar-refractivity contribution in [3.8, 4) is 17.2 Å². The largest absolute Gasteiger partial charge is 0.491 e. The number of rotatable bonds is 7. The molecule has 0 spiro atoms. The Morgan fingerprint density at radius 2 is 1.19 bits per heavy atom. The Kier molecular flexibility index (Phi) is 5.51. The first-order chi connectivity index (χ1) is 17.7. The second kappa shape index (κ2) is 8.98. The van der Waals surface area contributed by atoms with E-state index in [4.69, 9.17) is 18.9 Å². The molecule has 6 rings (SSSR count). The van der Waals surface area contributed by atoms with E-state index in [1.54, 1.807) is 0 Å². The van der Waals surface area contributed by atoms with Crippen LogP contribution >= 0.6 is 0 Å². The van der Waals surface area contributed by atoms with Gasteiger partial charge in [-0.1, -0.05) is 42.5 Å². The first-order valence-corrected chi connectivity index (χ1v) is 11.8. The molecule has 2 aliphatic heterocycles. The number of esters is 2. The van der Waals surface area contributed by atoms with Crippen LogP contribution in [0.25, 0.3) is 21.9 Å². The van der Waals surface area contributed by atoms with Crippen LogP contribution < -0.4 is 24.6 Å². The fourth-order valence-electron chi connectivity index (χ4n) is 4.70. The van der Waals surface area contributed by atoms with E-state index in [9.17, 15) is 9.59 Å². The van der Waals surface area contributed by atoms with E-state index in [1.807, 2.05) is 85.8 Å². The van der Waals surface area contributed by atoms with E-state index >= 15 is 0 Å². The fourth-order valence-corrected chi connectivity index (χ4v) is 4.70. The van der Waals surface area contributed by atoms with Gasteiger partial charge in [0.15, 0.2) is 0 Å². The Labute approximate surface area is 207 Å². The fraction of sp³-hybridized carbons (Fsp3) is 0.133. The first kappa shape index (κ1) is 22.1. The van der Waals surface area contributed by atoms with Crippen LogP contribution in [-0.2, 0) is 14.3 Å². The number of fused-ring (bicyclic) bond motifs is 5. The smallest absolute Gasteiger partial charge is 0.344 e. The second-order valence-electron chi connectivity index (χ2n) is 8.44. The molecule has 2 heterocycles. The molecule has 0 aromatic heterocycles. The molecule has 0 fully saturated rings. The highest BCUT2D eigenvalue weighted by Crippen LogP contribution is 2.35. The highest BCUT2D eigenvalue weighted by atomic mass is 16.5. The second-order valence-corrected chi connectivity index (χ2v) is 8.44. The van der Waals surface area contributed by atoms with E-state index < -0.39 is 11.9 Å². The molecular formula is C30H22O6. The van der Waals surface area contributed by atoms with Gasteiger partial charge in [-0.2, -0.15) is 0 Å². The molecule has 0 aliphatic carbocycles. The molecule has 178 valence electrons. The van der Waals surface area contributed by atoms with Gasteiger partial charge in [-0.15, -0.1) is 0 Å². The number of benzene rings is 4. The predicted octanol–water partition coefficient (Wildman–Crippen LogP) is 3.49. The Morgan fingerprint density at radius 3 is 1.75 bits per heavy atom. The highest BCUT2D eigenvalue weighted by Gasteiger charge is 2.30. The maximum absolute atomic E-state index is 12.9. The predicted molar refractivity (Wildman–Crippen MR) is 134 cm³/mol. The lowest BCUT2D eigenvalue weighted by Gasteiger charge is -2.07. The number of carbonyl (C=O) groups is 2. The van der Waals surface area contributed by atoms with Crippen molar-refractivity contribution < 1.29 is 28.5 Å². The minimum Gasteiger partial charge on any atom is -0.491 e. The lowest BCUT2D eigenvalue weighted by Crippen LogP contribution is -2.08. The van der Waals surface area contributed by atoms with Gasteiger partial charge in [0.2, 0.25) is 0 Å². The summed E-state index contributed by atoms with van der Waals surface area (Å²) in [6.07, 6.45) is 0. The summed E-state index contributed by atoms with van der Waals surface area (Å²) in [4.78, 5) is 25.7. The van der Waals surface area contributed by atoms with Crippen molar-refractivity contribution in [2.24, 2.45) is 0 Å². The number of hydrogen-bond acceptors (Lipinski definition) is 6. The van der Waals surface area contributed by atoms with Crippen LogP contribution in [0.15, 0.2) is 78.9 Å². The van der Waals surface area contributed by atoms with Gasteiger partial charge in [0, 0.05) is 27.8 Å². The van der Waals surface area contributed by atoms with Crippen molar-refractivity contribution in [1.29, 1.82) is 0 Å². The number of ether oxygens (including phenoxy) is 4. The Bertz CT molecular complexity index is 1640. The van der Waals surface area contributed by atoms with Gasteiger partial charge in [0.25, 0.3) is 0 Å². The van der Waals surface area contributed by atoms with Crippen LogP contribution in [0.1, 0.15) is 18.1 Å². The van der Waals surface area contributed by atoms with Crippen molar-refractivity contribution in [3.05, 3.63) is 100 Å². The van der Waals surface area contributed by atoms with Crippen molar-refractivity contribution in [2.45, 2.75) is 6.92 Å². The Hall–Kier alpha value is -4.42. The maximum atomic E-state index is 12.9. The van der Waals surface area contributed by atoms with Gasteiger partial charge in [0.05, 0.1) is 17.8 Å². The number of hydrogen-bond donors (Lipinski definition) is 0. The topological polar surface area (TPSA) is 71.1 Å². The minimum absolute atomic E-state index is 0.392. The minimum atomic E-state index is -0.420. The average molecular weight is 479 g/mol. The number of carbonyl (C=O) groups excluding carboxylic acids is 2. The van der Waals surface area contributed by atoms with E-state index in [-0.39, 0.29) is 0 Å². The third-order valence-electron chi connectivity index (χ3n) is 6.34. The van der Waals surface area contributed by atoms with Crippen LogP contribution in [0.2, 0.25) is 0 Å². The summed E-state index contributed by atoms with van der Waals surface area (Å²) in [6.45, 7) is 3.56. The summed E-state index contributed by atoms with van der Waals surface area (Å²) in [5.41, 5.74) is 2.55. The third-order valence-corrected chi connectivity index (χ3v) is 6.34. The molecule has 0 amide bonds. The van der Waals surface area contributed by atoms with Gasteiger partial charge < -0.3 is 18.9 Å². The van der Waals surface area contributed by atoms with E-state index in [0.717, 1.165) is 21.7 Å². The molecule has 4 aromatic rings. The van der Waals surface area contributed by atoms with Crippen molar-refractivity contribution >= 4 is 33.9 Å². The molecule has 0 bridgehead atoms. The zero-order chi connectivity index (χ0) is 24.6. The van der Waals surface area contributed by atoms with Crippen molar-refractivity contribution in [2.75, 3.05) is 19.8 Å². The zero-order valence-electron chi connectivity index (χ0n) is 19.6. The van der Waals surface area contributed by atoms with Crippen molar-refractivity contribution in [3.63, 3.8) is 0 Å². The lowest BCUT2D eigenvalue weighted by molar-refractivity contribution is -0.128. The molecule has 6 heteroatoms. The highest BCUT2D eigenvalue weighted by molar-refractivity contribution is 6.23. The molecule has 0 radical (unpaired) electrons. The van der Waals surface area contributed by atoms with Gasteiger partial charge in [-0.05, 0) is 54.4 Å². The molecule has 6 nitrogen and oxygen atoms in total. The molecule has 36 heavy (non-hydrogen) atoms. The van der Waals surface area contributed by atoms with Gasteiger partial charge in [0.1, 0.15) is 23.9 Å². The quantitative estimate of drug-likeness (QED) is 0.230. The average Bonchev–Trinajstić information content (AvgIpc) is 3.43. The monoisotopic (exact) mass is 478 g/mol. The summed E-state index contributed by atoms with van der Waals surface area (Å²) in [6, 6.07) is 24.2. The SMILES string of the molecule is CCOCCOc1ccc(C2=c3ccc4c5c(ccc4c3OC2=O)=C(c2ccccc2)C(=O)O5)cc1. The Morgan fingerprint density at radius 1 is 0.639 bits per heavy atom. The summed E-state index contributed by atoms with van der Waals surface area (Å²) in [5.74, 6) is 0.842. The molecule has 0 unspecified atom stereocenters. The van der Waals surface area contributed by atoms with Crippen LogP contribution in [0.3, 0.4) is 0 Å². The van der Waals surface area contributed by atoms with Crippen LogP contribution in [0.4, 0.5) is 0 Å². The Balaban J connectivity index is 1.43. The van der Waals surface area contributed by atoms with Gasteiger partial charge >= 0.3 is 11.9 Å². The molecular weight excluding hydrogens is 456 g/mol. The van der Waals surface area contributed by atoms with Crippen LogP contribution in [-0.4, -0.2) is 31.8 Å².